The highest BCUT2D eigenvalue weighted by Crippen LogP contribution is 2.31. The summed E-state index contributed by atoms with van der Waals surface area (Å²) in [4.78, 5) is 63.8. The number of methoxy groups -OCH3 is 1. The molecule has 0 saturated carbocycles. The van der Waals surface area contributed by atoms with Gasteiger partial charge in [0.25, 0.3) is 0 Å². The van der Waals surface area contributed by atoms with Crippen molar-refractivity contribution in [1.82, 2.24) is 30.3 Å². The normalized spacial score (nSPS) is 15.7. The molecule has 3 aromatic carbocycles. The first-order valence-electron chi connectivity index (χ1n) is 20.8. The monoisotopic (exact) mass is 834 g/mol. The van der Waals surface area contributed by atoms with Gasteiger partial charge in [0.15, 0.2) is 0 Å². The number of hydrogen-bond donors (Lipinski definition) is 4. The average Bonchev–Trinajstić information content (AvgIpc) is 3.55. The molecule has 13 nitrogen and oxygen atoms in total. The van der Waals surface area contributed by atoms with E-state index in [9.17, 15) is 29.4 Å². The number of ether oxygens (including phenoxy) is 1. The number of pyridine rings is 1. The quantitative estimate of drug-likeness (QED) is 0.0920. The lowest BCUT2D eigenvalue weighted by molar-refractivity contribution is -0.131. The molecule has 61 heavy (non-hydrogen) atoms. The lowest BCUT2D eigenvalue weighted by Crippen LogP contribution is -2.59. The molecule has 1 aliphatic heterocycles. The summed E-state index contributed by atoms with van der Waals surface area (Å²) in [5.41, 5.74) is 2.90. The van der Waals surface area contributed by atoms with E-state index in [0.717, 1.165) is 32.8 Å². The predicted octanol–water partition coefficient (Wildman–Crippen LogP) is 6.64. The molecule has 5 atom stereocenters. The van der Waals surface area contributed by atoms with Crippen LogP contribution in [0, 0.1) is 10.8 Å². The second-order valence-corrected chi connectivity index (χ2v) is 18.1. The molecular weight excluding hydrogens is 773 g/mol. The number of nitrogens with one attached hydrogen (secondary N) is 2. The van der Waals surface area contributed by atoms with Gasteiger partial charge in [-0.15, -0.1) is 0 Å². The number of rotatable bonds is 17. The van der Waals surface area contributed by atoms with Crippen LogP contribution < -0.4 is 15.4 Å². The van der Waals surface area contributed by atoms with Crippen LogP contribution in [0.5, 0.6) is 5.75 Å². The maximum absolute atomic E-state index is 14.6. The molecule has 1 fully saturated rings. The fraction of sp³-hybridized carbons (Fsp3) is 0.438. The van der Waals surface area contributed by atoms with E-state index < -0.39 is 59.0 Å². The molecule has 0 spiro atoms. The number of hydrogen-bond acceptors (Lipinski definition) is 7. The molecule has 2 heterocycles. The topological polar surface area (TPSA) is 165 Å². The number of benzene rings is 3. The van der Waals surface area contributed by atoms with Crippen molar-refractivity contribution in [2.45, 2.75) is 97.6 Å². The molecule has 1 aromatic heterocycles. The van der Waals surface area contributed by atoms with Crippen molar-refractivity contribution in [3.8, 4) is 17.0 Å². The lowest BCUT2D eigenvalue weighted by Gasteiger charge is -2.38. The van der Waals surface area contributed by atoms with Gasteiger partial charge in [0.2, 0.25) is 11.8 Å². The third kappa shape index (κ3) is 12.1. The van der Waals surface area contributed by atoms with E-state index in [2.05, 4.69) is 15.6 Å². The third-order valence-electron chi connectivity index (χ3n) is 11.2. The van der Waals surface area contributed by atoms with Crippen LogP contribution >= 0.6 is 0 Å². The first-order valence-corrected chi connectivity index (χ1v) is 20.8. The van der Waals surface area contributed by atoms with Crippen molar-refractivity contribution in [1.29, 1.82) is 0 Å². The summed E-state index contributed by atoms with van der Waals surface area (Å²) < 4.78 is 5.53. The van der Waals surface area contributed by atoms with Crippen LogP contribution in [0.4, 0.5) is 9.59 Å². The third-order valence-corrected chi connectivity index (χ3v) is 11.2. The van der Waals surface area contributed by atoms with Crippen molar-refractivity contribution >= 4 is 23.9 Å². The molecule has 4 N–H and O–H groups in total. The molecule has 0 bridgehead atoms. The van der Waals surface area contributed by atoms with Gasteiger partial charge in [-0.05, 0) is 59.4 Å². The van der Waals surface area contributed by atoms with Crippen molar-refractivity contribution < 1.29 is 34.1 Å². The van der Waals surface area contributed by atoms with Crippen LogP contribution in [-0.4, -0.2) is 111 Å². The molecule has 5 rings (SSSR count). The highest BCUT2D eigenvalue weighted by molar-refractivity contribution is 5.89. The highest BCUT2D eigenvalue weighted by atomic mass is 16.5. The van der Waals surface area contributed by atoms with Crippen molar-refractivity contribution in [2.24, 2.45) is 10.8 Å². The number of amides is 5. The number of urea groups is 1. The number of carbonyl (C=O) groups excluding carboxylic acids is 3. The minimum Gasteiger partial charge on any atom is -0.496 e. The van der Waals surface area contributed by atoms with E-state index in [0.29, 0.717) is 31.8 Å². The molecule has 0 aliphatic carbocycles. The van der Waals surface area contributed by atoms with E-state index in [4.69, 9.17) is 4.74 Å². The Bertz CT molecular complexity index is 2090. The van der Waals surface area contributed by atoms with Gasteiger partial charge in [-0.2, -0.15) is 0 Å². The van der Waals surface area contributed by atoms with Crippen molar-refractivity contribution in [3.05, 3.63) is 120 Å². The summed E-state index contributed by atoms with van der Waals surface area (Å²) in [6, 6.07) is 26.9. The van der Waals surface area contributed by atoms with Gasteiger partial charge in [-0.1, -0.05) is 120 Å². The van der Waals surface area contributed by atoms with Crippen LogP contribution in [0.15, 0.2) is 103 Å². The van der Waals surface area contributed by atoms with Crippen LogP contribution in [0.25, 0.3) is 11.3 Å². The van der Waals surface area contributed by atoms with Crippen molar-refractivity contribution in [3.63, 3.8) is 0 Å². The molecule has 1 saturated heterocycles. The zero-order valence-electron chi connectivity index (χ0n) is 36.7. The zero-order valence-corrected chi connectivity index (χ0v) is 36.7. The van der Waals surface area contributed by atoms with Gasteiger partial charge in [0, 0.05) is 43.5 Å². The molecular formula is C48H62N6O7. The fourth-order valence-corrected chi connectivity index (χ4v) is 8.26. The lowest BCUT2D eigenvalue weighted by atomic mass is 9.84. The number of likely N-dealkylation sites (N-methyl/N-ethyl adjacent to an activating group) is 1. The second-order valence-electron chi connectivity index (χ2n) is 18.1. The highest BCUT2D eigenvalue weighted by Gasteiger charge is 2.45. The van der Waals surface area contributed by atoms with Crippen LogP contribution in [0.1, 0.15) is 64.7 Å². The molecule has 1 aliphatic rings. The summed E-state index contributed by atoms with van der Waals surface area (Å²) in [5, 5.41) is 28.4. The first-order chi connectivity index (χ1) is 28.9. The fourth-order valence-electron chi connectivity index (χ4n) is 8.26. The Kier molecular flexibility index (Phi) is 15.2. The maximum Gasteiger partial charge on any atom is 0.407 e. The number of nitrogens with zero attached hydrogens (tertiary/aromatic N) is 4. The number of carboxylic acid groups (broad SMARTS) is 1. The maximum atomic E-state index is 14.6. The summed E-state index contributed by atoms with van der Waals surface area (Å²) >= 11 is 0. The van der Waals surface area contributed by atoms with Gasteiger partial charge in [-0.25, -0.2) is 9.59 Å². The summed E-state index contributed by atoms with van der Waals surface area (Å²) in [7, 11) is 2.97. The number of carbonyl (C=O) groups is 4. The minimum absolute atomic E-state index is 0.0225. The van der Waals surface area contributed by atoms with Gasteiger partial charge >= 0.3 is 12.1 Å². The number of para-hydroxylation sites is 1. The smallest absolute Gasteiger partial charge is 0.407 e. The SMILES string of the molecule is COc1ccccc1CN1CCN([C@H](C(=O)N[C@@H](Cc2ccccc2)[C@@H](O)C[C@H](Cc2ccc(-c3ccccn3)cc2)NC(=O)[C@@H](N(C)C(=O)O)C(C)(C)C)C(C)(C)C)C1=O. The van der Waals surface area contributed by atoms with Crippen molar-refractivity contribution in [2.75, 3.05) is 27.2 Å². The Labute approximate surface area is 360 Å². The number of aliphatic hydroxyl groups is 1. The Morgan fingerprint density at radius 1 is 0.803 bits per heavy atom. The Balaban J connectivity index is 1.43. The second kappa shape index (κ2) is 20.1. The number of aromatic nitrogens is 1. The molecule has 326 valence electrons. The van der Waals surface area contributed by atoms with E-state index in [1.165, 1.54) is 7.05 Å². The van der Waals surface area contributed by atoms with Gasteiger partial charge in [0.05, 0.1) is 31.5 Å². The van der Waals surface area contributed by atoms with Crippen LogP contribution in [0.3, 0.4) is 0 Å². The molecule has 5 amide bonds. The first kappa shape index (κ1) is 46.1. The summed E-state index contributed by atoms with van der Waals surface area (Å²) in [6.07, 6.45) is -0.0931. The van der Waals surface area contributed by atoms with Crippen LogP contribution in [-0.2, 0) is 29.0 Å². The average molecular weight is 835 g/mol. The van der Waals surface area contributed by atoms with E-state index >= 15 is 0 Å². The summed E-state index contributed by atoms with van der Waals surface area (Å²) in [6.45, 7) is 12.2. The minimum atomic E-state index is -1.24. The molecule has 13 heteroatoms. The van der Waals surface area contributed by atoms with Gasteiger partial charge in [0.1, 0.15) is 17.8 Å². The largest absolute Gasteiger partial charge is 0.496 e. The van der Waals surface area contributed by atoms with E-state index in [-0.39, 0.29) is 18.9 Å². The Morgan fingerprint density at radius 3 is 2.05 bits per heavy atom. The standard InChI is InChI=1S/C48H62N6O7/c1-47(2,3)41(52(7)46(59)60)43(56)50-36(28-33-21-23-34(24-22-33)37-19-14-15-25-49-37)30-39(55)38(29-32-16-10-9-11-17-32)51-44(57)42(48(4,5)6)54-27-26-53(45(54)58)31-35-18-12-13-20-40(35)61-8/h9-25,36,38-39,41-42,55H,26-31H2,1-8H3,(H,50,56)(H,51,57)(H,59,60)/t36-,38-,39-,41+,42+/m0/s1. The molecule has 0 unspecified atom stereocenters. The summed E-state index contributed by atoms with van der Waals surface area (Å²) in [5.74, 6) is -0.224. The number of aliphatic hydroxyl groups excluding tert-OH is 1. The van der Waals surface area contributed by atoms with E-state index in [1.807, 2.05) is 118 Å². The van der Waals surface area contributed by atoms with Crippen LogP contribution in [0.2, 0.25) is 0 Å². The zero-order chi connectivity index (χ0) is 44.5. The van der Waals surface area contributed by atoms with E-state index in [1.54, 1.807) is 43.9 Å². The van der Waals surface area contributed by atoms with Gasteiger partial charge in [-0.3, -0.25) is 19.5 Å². The predicted molar refractivity (Wildman–Crippen MR) is 236 cm³/mol. The van der Waals surface area contributed by atoms with Gasteiger partial charge < -0.3 is 35.4 Å². The Morgan fingerprint density at radius 2 is 1.44 bits per heavy atom. The molecule has 0 radical (unpaired) electrons. The Hall–Kier alpha value is -5.95. The molecule has 4 aromatic rings.